The van der Waals surface area contributed by atoms with Gasteiger partial charge in [0.05, 0.1) is 4.47 Å². The molecule has 0 aromatic heterocycles. The molecule has 2 N–H and O–H groups in total. The number of rotatable bonds is 4. The third-order valence-electron chi connectivity index (χ3n) is 2.67. The molecule has 0 fully saturated rings. The van der Waals surface area contributed by atoms with Gasteiger partial charge in [-0.3, -0.25) is 0 Å². The van der Waals surface area contributed by atoms with Gasteiger partial charge in [-0.2, -0.15) is 0 Å². The van der Waals surface area contributed by atoms with E-state index in [1.807, 2.05) is 25.1 Å². The third kappa shape index (κ3) is 4.04. The Balaban J connectivity index is 2.23. The fourth-order valence-electron chi connectivity index (χ4n) is 1.80. The van der Waals surface area contributed by atoms with E-state index in [0.717, 1.165) is 20.9 Å². The van der Waals surface area contributed by atoms with E-state index in [2.05, 4.69) is 31.9 Å². The third-order valence-corrected chi connectivity index (χ3v) is 3.78. The van der Waals surface area contributed by atoms with E-state index in [9.17, 15) is 4.39 Å². The lowest BCUT2D eigenvalue weighted by atomic mass is 10.1. The van der Waals surface area contributed by atoms with Crippen LogP contribution in [0.1, 0.15) is 12.5 Å². The molecule has 0 radical (unpaired) electrons. The molecule has 0 aliphatic carbocycles. The Kier molecular flexibility index (Phi) is 5.18. The Morgan fingerprint density at radius 1 is 1.15 bits per heavy atom. The van der Waals surface area contributed by atoms with Crippen molar-refractivity contribution in [1.29, 1.82) is 0 Å². The molecule has 5 heteroatoms. The van der Waals surface area contributed by atoms with Crippen LogP contribution < -0.4 is 10.5 Å². The van der Waals surface area contributed by atoms with E-state index >= 15 is 0 Å². The second-order valence-electron chi connectivity index (χ2n) is 4.62. The molecule has 0 bridgehead atoms. The van der Waals surface area contributed by atoms with Crippen LogP contribution in [0.4, 0.5) is 4.39 Å². The normalized spacial score (nSPS) is 12.2. The Morgan fingerprint density at radius 3 is 2.55 bits per heavy atom. The second-order valence-corrected chi connectivity index (χ2v) is 6.39. The molecular formula is C15H14Br2FNO. The summed E-state index contributed by atoms with van der Waals surface area (Å²) in [6.45, 7) is 1.95. The Hall–Kier alpha value is -0.910. The summed E-state index contributed by atoms with van der Waals surface area (Å²) in [5.74, 6) is 0.343. The van der Waals surface area contributed by atoms with Crippen molar-refractivity contribution >= 4 is 31.9 Å². The zero-order chi connectivity index (χ0) is 14.7. The Labute approximate surface area is 134 Å². The molecule has 0 spiro atoms. The van der Waals surface area contributed by atoms with Gasteiger partial charge in [0.2, 0.25) is 0 Å². The Bertz CT molecular complexity index is 617. The van der Waals surface area contributed by atoms with Gasteiger partial charge < -0.3 is 10.5 Å². The van der Waals surface area contributed by atoms with Crippen LogP contribution in [-0.4, -0.2) is 6.04 Å². The van der Waals surface area contributed by atoms with Gasteiger partial charge in [-0.15, -0.1) is 0 Å². The largest absolute Gasteiger partial charge is 0.453 e. The molecule has 0 saturated carbocycles. The Morgan fingerprint density at radius 2 is 1.90 bits per heavy atom. The summed E-state index contributed by atoms with van der Waals surface area (Å²) in [6, 6.07) is 10.4. The minimum Gasteiger partial charge on any atom is -0.453 e. The summed E-state index contributed by atoms with van der Waals surface area (Å²) in [5, 5.41) is 0. The monoisotopic (exact) mass is 401 g/mol. The minimum absolute atomic E-state index is 0.0937. The molecular weight excluding hydrogens is 389 g/mol. The van der Waals surface area contributed by atoms with Gasteiger partial charge in [0.15, 0.2) is 11.6 Å². The first-order chi connectivity index (χ1) is 9.45. The molecule has 1 unspecified atom stereocenters. The summed E-state index contributed by atoms with van der Waals surface area (Å²) in [5.41, 5.74) is 6.88. The van der Waals surface area contributed by atoms with Crippen molar-refractivity contribution < 1.29 is 9.13 Å². The second kappa shape index (κ2) is 6.70. The number of ether oxygens (including phenoxy) is 1. The summed E-state index contributed by atoms with van der Waals surface area (Å²) < 4.78 is 20.8. The molecule has 2 nitrogen and oxygen atoms in total. The summed E-state index contributed by atoms with van der Waals surface area (Å²) >= 11 is 6.73. The van der Waals surface area contributed by atoms with Crippen LogP contribution in [0.2, 0.25) is 0 Å². The highest BCUT2D eigenvalue weighted by molar-refractivity contribution is 9.10. The number of hydrogen-bond donors (Lipinski definition) is 1. The van der Waals surface area contributed by atoms with Crippen molar-refractivity contribution in [3.63, 3.8) is 0 Å². The van der Waals surface area contributed by atoms with Crippen LogP contribution in [0.3, 0.4) is 0 Å². The molecule has 2 aromatic carbocycles. The quantitative estimate of drug-likeness (QED) is 0.777. The van der Waals surface area contributed by atoms with Crippen molar-refractivity contribution in [2.45, 2.75) is 19.4 Å². The summed E-state index contributed by atoms with van der Waals surface area (Å²) in [6.07, 6.45) is 0.782. The highest BCUT2D eigenvalue weighted by Gasteiger charge is 2.09. The topological polar surface area (TPSA) is 35.2 Å². The predicted molar refractivity (Wildman–Crippen MR) is 85.7 cm³/mol. The van der Waals surface area contributed by atoms with Gasteiger partial charge in [0.25, 0.3) is 0 Å². The highest BCUT2D eigenvalue weighted by atomic mass is 79.9. The maximum absolute atomic E-state index is 13.7. The average molecular weight is 403 g/mol. The number of halogens is 3. The van der Waals surface area contributed by atoms with Crippen LogP contribution in [0.15, 0.2) is 45.3 Å². The molecule has 0 aliphatic rings. The molecule has 0 heterocycles. The number of nitrogens with two attached hydrogens (primary N) is 1. The van der Waals surface area contributed by atoms with Crippen LogP contribution >= 0.6 is 31.9 Å². The van der Waals surface area contributed by atoms with E-state index in [1.165, 1.54) is 6.07 Å². The lowest BCUT2D eigenvalue weighted by Gasteiger charge is -2.11. The molecule has 2 aromatic rings. The van der Waals surface area contributed by atoms with Gasteiger partial charge in [-0.25, -0.2) is 4.39 Å². The fraction of sp³-hybridized carbons (Fsp3) is 0.200. The first-order valence-electron chi connectivity index (χ1n) is 6.12. The number of hydrogen-bond acceptors (Lipinski definition) is 2. The van der Waals surface area contributed by atoms with E-state index < -0.39 is 5.82 Å². The van der Waals surface area contributed by atoms with E-state index in [0.29, 0.717) is 5.75 Å². The first kappa shape index (κ1) is 15.5. The molecule has 0 saturated heterocycles. The zero-order valence-corrected chi connectivity index (χ0v) is 14.0. The molecule has 1 atom stereocenters. The lowest BCUT2D eigenvalue weighted by Crippen LogP contribution is -2.17. The predicted octanol–water partition coefficient (Wildman–Crippen LogP) is 5.03. The van der Waals surface area contributed by atoms with E-state index in [1.54, 1.807) is 12.1 Å². The van der Waals surface area contributed by atoms with Crippen LogP contribution in [-0.2, 0) is 6.42 Å². The van der Waals surface area contributed by atoms with Crippen LogP contribution in [0.5, 0.6) is 11.5 Å². The van der Waals surface area contributed by atoms with Gasteiger partial charge in [-0.1, -0.05) is 22.0 Å². The van der Waals surface area contributed by atoms with Gasteiger partial charge in [0, 0.05) is 10.5 Å². The average Bonchev–Trinajstić information content (AvgIpc) is 2.36. The first-order valence-corrected chi connectivity index (χ1v) is 7.71. The summed E-state index contributed by atoms with van der Waals surface area (Å²) in [7, 11) is 0. The van der Waals surface area contributed by atoms with Crippen molar-refractivity contribution in [3.8, 4) is 11.5 Å². The van der Waals surface area contributed by atoms with Gasteiger partial charge in [0.1, 0.15) is 5.75 Å². The van der Waals surface area contributed by atoms with Crippen molar-refractivity contribution in [2.24, 2.45) is 5.73 Å². The van der Waals surface area contributed by atoms with Crippen LogP contribution in [0.25, 0.3) is 0 Å². The van der Waals surface area contributed by atoms with Gasteiger partial charge in [-0.05, 0) is 65.2 Å². The maximum Gasteiger partial charge on any atom is 0.165 e. The standard InChI is InChI=1S/C15H14Br2FNO/c1-9(19)6-10-2-5-14(12(17)7-10)20-15-8-11(16)3-4-13(15)18/h2-5,7-9H,6,19H2,1H3. The molecule has 0 amide bonds. The molecule has 2 rings (SSSR count). The highest BCUT2D eigenvalue weighted by Crippen LogP contribution is 2.33. The number of benzene rings is 2. The van der Waals surface area contributed by atoms with Crippen LogP contribution in [0, 0.1) is 5.82 Å². The zero-order valence-electron chi connectivity index (χ0n) is 10.9. The van der Waals surface area contributed by atoms with E-state index in [-0.39, 0.29) is 11.8 Å². The lowest BCUT2D eigenvalue weighted by molar-refractivity contribution is 0.439. The van der Waals surface area contributed by atoms with Crippen molar-refractivity contribution in [1.82, 2.24) is 0 Å². The molecule has 106 valence electrons. The maximum atomic E-state index is 13.7. The van der Waals surface area contributed by atoms with E-state index in [4.69, 9.17) is 10.5 Å². The SMILES string of the molecule is CC(N)Cc1ccc(Oc2cc(Br)ccc2F)c(Br)c1. The van der Waals surface area contributed by atoms with Gasteiger partial charge >= 0.3 is 0 Å². The molecule has 20 heavy (non-hydrogen) atoms. The van der Waals surface area contributed by atoms with Crippen molar-refractivity contribution in [3.05, 3.63) is 56.7 Å². The summed E-state index contributed by atoms with van der Waals surface area (Å²) in [4.78, 5) is 0. The fourth-order valence-corrected chi connectivity index (χ4v) is 2.65. The van der Waals surface area contributed by atoms with Crippen molar-refractivity contribution in [2.75, 3.05) is 0 Å². The smallest absolute Gasteiger partial charge is 0.165 e. The molecule has 0 aliphatic heterocycles. The minimum atomic E-state index is -0.403.